The summed E-state index contributed by atoms with van der Waals surface area (Å²) in [7, 11) is 1.80. The van der Waals surface area contributed by atoms with Gasteiger partial charge in [0.2, 0.25) is 0 Å². The van der Waals surface area contributed by atoms with Gasteiger partial charge in [-0.25, -0.2) is 9.97 Å². The largest absolute Gasteiger partial charge is 0.394 e. The minimum Gasteiger partial charge on any atom is -0.394 e. The van der Waals surface area contributed by atoms with Crippen molar-refractivity contribution in [2.24, 2.45) is 0 Å². The Kier molecular flexibility index (Phi) is 3.57. The second-order valence-electron chi connectivity index (χ2n) is 4.57. The van der Waals surface area contributed by atoms with Crippen molar-refractivity contribution in [2.75, 3.05) is 19.0 Å². The molecule has 0 aliphatic carbocycles. The lowest BCUT2D eigenvalue weighted by Gasteiger charge is -2.15. The van der Waals surface area contributed by atoms with E-state index in [1.54, 1.807) is 19.6 Å². The Bertz CT molecular complexity index is 573. The van der Waals surface area contributed by atoms with Gasteiger partial charge in [0.05, 0.1) is 18.8 Å². The molecule has 0 amide bonds. The van der Waals surface area contributed by atoms with E-state index in [0.29, 0.717) is 11.8 Å². The average molecular weight is 276 g/mol. The zero-order valence-electron chi connectivity index (χ0n) is 11.1. The highest BCUT2D eigenvalue weighted by molar-refractivity contribution is 5.45. The van der Waals surface area contributed by atoms with E-state index in [4.69, 9.17) is 9.84 Å². The molecule has 3 rings (SSSR count). The molecule has 0 radical (unpaired) electrons. The molecule has 0 spiro atoms. The summed E-state index contributed by atoms with van der Waals surface area (Å²) >= 11 is 0. The molecule has 1 aliphatic heterocycles. The van der Waals surface area contributed by atoms with Crippen molar-refractivity contribution in [1.82, 2.24) is 24.7 Å². The van der Waals surface area contributed by atoms with E-state index in [1.807, 2.05) is 0 Å². The number of anilines is 1. The van der Waals surface area contributed by atoms with Crippen LogP contribution in [0.25, 0.3) is 5.95 Å². The molecule has 8 heteroatoms. The molecule has 3 heterocycles. The van der Waals surface area contributed by atoms with Crippen molar-refractivity contribution in [2.45, 2.75) is 25.0 Å². The van der Waals surface area contributed by atoms with Gasteiger partial charge in [0, 0.05) is 18.8 Å². The number of aromatic nitrogens is 5. The van der Waals surface area contributed by atoms with E-state index in [1.165, 1.54) is 11.0 Å². The van der Waals surface area contributed by atoms with Crippen LogP contribution in [0.5, 0.6) is 0 Å². The summed E-state index contributed by atoms with van der Waals surface area (Å²) in [6.45, 7) is 0.0449. The molecule has 106 valence electrons. The summed E-state index contributed by atoms with van der Waals surface area (Å²) < 4.78 is 7.26. The topological polar surface area (TPSA) is 98.0 Å². The van der Waals surface area contributed by atoms with Gasteiger partial charge >= 0.3 is 0 Å². The number of ether oxygens (including phenoxy) is 1. The first kappa shape index (κ1) is 12.9. The van der Waals surface area contributed by atoms with Crippen LogP contribution in [0.4, 0.5) is 5.82 Å². The van der Waals surface area contributed by atoms with Crippen LogP contribution in [0.15, 0.2) is 18.9 Å². The van der Waals surface area contributed by atoms with E-state index >= 15 is 0 Å². The van der Waals surface area contributed by atoms with Crippen LogP contribution >= 0.6 is 0 Å². The van der Waals surface area contributed by atoms with Crippen LogP contribution in [0.1, 0.15) is 24.5 Å². The summed E-state index contributed by atoms with van der Waals surface area (Å²) in [6.07, 6.45) is 6.23. The monoisotopic (exact) mass is 276 g/mol. The molecule has 2 aromatic rings. The van der Waals surface area contributed by atoms with Gasteiger partial charge in [0.25, 0.3) is 5.95 Å². The molecular weight excluding hydrogens is 260 g/mol. The number of hydrogen-bond donors (Lipinski definition) is 2. The third-order valence-corrected chi connectivity index (χ3v) is 3.32. The van der Waals surface area contributed by atoms with E-state index < -0.39 is 0 Å². The maximum Gasteiger partial charge on any atom is 0.253 e. The SMILES string of the molecule is CNc1nc(-n2cncn2)ncc1C1CCC(CO)O1. The molecule has 1 fully saturated rings. The lowest BCUT2D eigenvalue weighted by molar-refractivity contribution is 0.0110. The molecule has 1 aliphatic rings. The zero-order valence-corrected chi connectivity index (χ0v) is 11.1. The quantitative estimate of drug-likeness (QED) is 0.829. The summed E-state index contributed by atoms with van der Waals surface area (Å²) in [5.41, 5.74) is 0.896. The van der Waals surface area contributed by atoms with E-state index in [9.17, 15) is 0 Å². The Labute approximate surface area is 115 Å². The highest BCUT2D eigenvalue weighted by Gasteiger charge is 2.28. The predicted octanol–water partition coefficient (Wildman–Crippen LogP) is 0.311. The first-order valence-corrected chi connectivity index (χ1v) is 6.48. The third-order valence-electron chi connectivity index (χ3n) is 3.32. The van der Waals surface area contributed by atoms with Gasteiger partial charge in [-0.05, 0) is 12.8 Å². The Morgan fingerprint density at radius 2 is 2.40 bits per heavy atom. The fourth-order valence-corrected chi connectivity index (χ4v) is 2.31. The van der Waals surface area contributed by atoms with Crippen LogP contribution in [-0.2, 0) is 4.74 Å². The molecule has 0 aromatic carbocycles. The molecule has 2 N–H and O–H groups in total. The first-order chi connectivity index (χ1) is 9.81. The molecule has 20 heavy (non-hydrogen) atoms. The fourth-order valence-electron chi connectivity index (χ4n) is 2.31. The van der Waals surface area contributed by atoms with Crippen LogP contribution in [0, 0.1) is 0 Å². The zero-order chi connectivity index (χ0) is 13.9. The molecular formula is C12H16N6O2. The molecule has 2 unspecified atom stereocenters. The van der Waals surface area contributed by atoms with Gasteiger partial charge in [0.15, 0.2) is 0 Å². The highest BCUT2D eigenvalue weighted by Crippen LogP contribution is 2.35. The second-order valence-corrected chi connectivity index (χ2v) is 4.57. The van der Waals surface area contributed by atoms with Gasteiger partial charge in [0.1, 0.15) is 18.5 Å². The van der Waals surface area contributed by atoms with Crippen LogP contribution < -0.4 is 5.32 Å². The Balaban J connectivity index is 1.89. The highest BCUT2D eigenvalue weighted by atomic mass is 16.5. The summed E-state index contributed by atoms with van der Waals surface area (Å²) in [6, 6.07) is 0. The van der Waals surface area contributed by atoms with Crippen molar-refractivity contribution < 1.29 is 9.84 Å². The predicted molar refractivity (Wildman–Crippen MR) is 70.4 cm³/mol. The third kappa shape index (κ3) is 2.35. The lowest BCUT2D eigenvalue weighted by Crippen LogP contribution is -2.13. The maximum absolute atomic E-state index is 9.14. The van der Waals surface area contributed by atoms with Crippen molar-refractivity contribution in [3.05, 3.63) is 24.4 Å². The molecule has 2 aromatic heterocycles. The normalized spacial score (nSPS) is 22.1. The Hall–Kier alpha value is -2.06. The number of rotatable bonds is 4. The van der Waals surface area contributed by atoms with Crippen molar-refractivity contribution in [1.29, 1.82) is 0 Å². The molecule has 0 bridgehead atoms. The first-order valence-electron chi connectivity index (χ1n) is 6.48. The Morgan fingerprint density at radius 3 is 3.05 bits per heavy atom. The van der Waals surface area contributed by atoms with Gasteiger partial charge in [-0.3, -0.25) is 0 Å². The number of aliphatic hydroxyl groups is 1. The number of hydrogen-bond acceptors (Lipinski definition) is 7. The minimum absolute atomic E-state index is 0.0449. The van der Waals surface area contributed by atoms with E-state index in [2.05, 4.69) is 25.4 Å². The van der Waals surface area contributed by atoms with Crippen molar-refractivity contribution >= 4 is 5.82 Å². The average Bonchev–Trinajstić information content (AvgIpc) is 3.17. The van der Waals surface area contributed by atoms with Gasteiger partial charge in [-0.2, -0.15) is 14.8 Å². The molecule has 8 nitrogen and oxygen atoms in total. The van der Waals surface area contributed by atoms with Gasteiger partial charge in [-0.15, -0.1) is 0 Å². The number of nitrogens with zero attached hydrogens (tertiary/aromatic N) is 5. The minimum atomic E-state index is -0.0975. The van der Waals surface area contributed by atoms with Crippen LogP contribution in [0.3, 0.4) is 0 Å². The summed E-state index contributed by atoms with van der Waals surface area (Å²) in [4.78, 5) is 12.6. The summed E-state index contributed by atoms with van der Waals surface area (Å²) in [5, 5.41) is 16.2. The Morgan fingerprint density at radius 1 is 1.50 bits per heavy atom. The fraction of sp³-hybridized carbons (Fsp3) is 0.500. The molecule has 0 saturated carbocycles. The number of aliphatic hydroxyl groups excluding tert-OH is 1. The van der Waals surface area contributed by atoms with Crippen molar-refractivity contribution in [3.8, 4) is 5.95 Å². The number of nitrogens with one attached hydrogen (secondary N) is 1. The maximum atomic E-state index is 9.14. The lowest BCUT2D eigenvalue weighted by atomic mass is 10.1. The van der Waals surface area contributed by atoms with Crippen LogP contribution in [-0.4, -0.2) is 49.6 Å². The molecule has 1 saturated heterocycles. The summed E-state index contributed by atoms with van der Waals surface area (Å²) in [5.74, 6) is 1.15. The van der Waals surface area contributed by atoms with E-state index in [-0.39, 0.29) is 18.8 Å². The van der Waals surface area contributed by atoms with E-state index in [0.717, 1.165) is 18.4 Å². The van der Waals surface area contributed by atoms with Gasteiger partial charge < -0.3 is 15.2 Å². The standard InChI is InChI=1S/C12H16N6O2/c1-13-11-9(10-3-2-8(5-19)20-10)4-15-12(17-11)18-7-14-6-16-18/h4,6-8,10,19H,2-3,5H2,1H3,(H,13,15,17). The second kappa shape index (κ2) is 5.51. The van der Waals surface area contributed by atoms with Crippen LogP contribution in [0.2, 0.25) is 0 Å². The molecule has 2 atom stereocenters. The van der Waals surface area contributed by atoms with Gasteiger partial charge in [-0.1, -0.05) is 0 Å². The smallest absolute Gasteiger partial charge is 0.253 e. The van der Waals surface area contributed by atoms with Crippen molar-refractivity contribution in [3.63, 3.8) is 0 Å².